The molecule has 0 aliphatic carbocycles. The predicted molar refractivity (Wildman–Crippen MR) is 90.7 cm³/mol. The first kappa shape index (κ1) is 19.5. The van der Waals surface area contributed by atoms with Crippen molar-refractivity contribution in [3.63, 3.8) is 0 Å². The molecule has 0 heterocycles. The quantitative estimate of drug-likeness (QED) is 0.325. The minimum absolute atomic E-state index is 0.115. The number of ether oxygens (including phenoxy) is 2. The molecule has 1 aromatic rings. The van der Waals surface area contributed by atoms with Gasteiger partial charge in [0.2, 0.25) is 0 Å². The maximum Gasteiger partial charge on any atom is 0.311 e. The van der Waals surface area contributed by atoms with Crippen LogP contribution in [0.1, 0.15) is 58.3 Å². The molecule has 0 spiro atoms. The molecule has 0 amide bonds. The Labute approximate surface area is 143 Å². The number of carbonyl (C=O) groups excluding carboxylic acids is 2. The molecule has 1 aromatic carbocycles. The van der Waals surface area contributed by atoms with Crippen molar-refractivity contribution in [1.29, 1.82) is 0 Å². The van der Waals surface area contributed by atoms with E-state index in [1.165, 1.54) is 0 Å². The Morgan fingerprint density at radius 2 is 1.57 bits per heavy atom. The summed E-state index contributed by atoms with van der Waals surface area (Å²) in [6.45, 7) is 2.26. The molecule has 0 saturated heterocycles. The normalized spacial score (nSPS) is 10.3. The highest BCUT2D eigenvalue weighted by atomic mass is 35.5. The third-order valence-corrected chi connectivity index (χ3v) is 3.58. The van der Waals surface area contributed by atoms with Crippen LogP contribution in [0.15, 0.2) is 24.3 Å². The molecule has 0 radical (unpaired) electrons. The molecule has 0 atom stereocenters. The van der Waals surface area contributed by atoms with Crippen molar-refractivity contribution in [3.8, 4) is 5.75 Å². The van der Waals surface area contributed by atoms with Gasteiger partial charge in [-0.15, -0.1) is 0 Å². The van der Waals surface area contributed by atoms with Gasteiger partial charge in [-0.05, 0) is 38.0 Å². The molecule has 0 N–H and O–H groups in total. The van der Waals surface area contributed by atoms with Gasteiger partial charge in [-0.1, -0.05) is 43.4 Å². The molecule has 4 nitrogen and oxygen atoms in total. The first-order valence-electron chi connectivity index (χ1n) is 8.23. The topological polar surface area (TPSA) is 52.6 Å². The van der Waals surface area contributed by atoms with E-state index in [4.69, 9.17) is 21.1 Å². The number of carbonyl (C=O) groups is 2. The van der Waals surface area contributed by atoms with Gasteiger partial charge in [-0.25, -0.2) is 0 Å². The molecular weight excluding hydrogens is 316 g/mol. The Balaban J connectivity index is 1.98. The first-order valence-corrected chi connectivity index (χ1v) is 8.61. The fourth-order valence-electron chi connectivity index (χ4n) is 2.19. The van der Waals surface area contributed by atoms with Gasteiger partial charge < -0.3 is 9.47 Å². The summed E-state index contributed by atoms with van der Waals surface area (Å²) in [5.74, 6) is 0.146. The average molecular weight is 341 g/mol. The first-order chi connectivity index (χ1) is 11.1. The Morgan fingerprint density at radius 1 is 0.957 bits per heavy atom. The van der Waals surface area contributed by atoms with Crippen LogP contribution in [-0.4, -0.2) is 18.5 Å². The number of unbranched alkanes of at least 4 members (excludes halogenated alkanes) is 5. The SMILES string of the molecule is CCOC(=O)CCCCCCCCC(=O)Oc1cccc(Cl)c1. The van der Waals surface area contributed by atoms with Crippen molar-refractivity contribution in [2.24, 2.45) is 0 Å². The van der Waals surface area contributed by atoms with Gasteiger partial charge in [0.15, 0.2) is 0 Å². The van der Waals surface area contributed by atoms with E-state index in [0.29, 0.717) is 30.2 Å². The van der Waals surface area contributed by atoms with Crippen molar-refractivity contribution in [1.82, 2.24) is 0 Å². The minimum Gasteiger partial charge on any atom is -0.466 e. The van der Waals surface area contributed by atoms with Gasteiger partial charge in [0.05, 0.1) is 6.61 Å². The molecular formula is C18H25ClO4. The van der Waals surface area contributed by atoms with Crippen molar-refractivity contribution >= 4 is 23.5 Å². The third-order valence-electron chi connectivity index (χ3n) is 3.34. The zero-order valence-electron chi connectivity index (χ0n) is 13.7. The van der Waals surface area contributed by atoms with Crippen LogP contribution in [0.25, 0.3) is 0 Å². The summed E-state index contributed by atoms with van der Waals surface area (Å²) in [7, 11) is 0. The number of rotatable bonds is 11. The summed E-state index contributed by atoms with van der Waals surface area (Å²) in [6, 6.07) is 6.83. The molecule has 0 unspecified atom stereocenters. The third kappa shape index (κ3) is 9.95. The number of esters is 2. The predicted octanol–water partition coefficient (Wildman–Crippen LogP) is 4.93. The standard InChI is InChI=1S/C18H25ClO4/c1-2-22-17(20)12-7-5-3-4-6-8-13-18(21)23-16-11-9-10-15(19)14-16/h9-11,14H,2-8,12-13H2,1H3. The summed E-state index contributed by atoms with van der Waals surface area (Å²) in [5.41, 5.74) is 0. The molecule has 0 saturated carbocycles. The molecule has 0 aromatic heterocycles. The fraction of sp³-hybridized carbons (Fsp3) is 0.556. The molecule has 0 aliphatic heterocycles. The Kier molecular flexibility index (Phi) is 10.1. The van der Waals surface area contributed by atoms with Gasteiger partial charge >= 0.3 is 11.9 Å². The van der Waals surface area contributed by atoms with Crippen molar-refractivity contribution in [2.45, 2.75) is 58.3 Å². The summed E-state index contributed by atoms with van der Waals surface area (Å²) in [5, 5.41) is 0.554. The lowest BCUT2D eigenvalue weighted by molar-refractivity contribution is -0.143. The van der Waals surface area contributed by atoms with Crippen LogP contribution < -0.4 is 4.74 Å². The summed E-state index contributed by atoms with van der Waals surface area (Å²) in [6.07, 6.45) is 6.74. The Hall–Kier alpha value is -1.55. The highest BCUT2D eigenvalue weighted by Gasteiger charge is 2.05. The highest BCUT2D eigenvalue weighted by molar-refractivity contribution is 6.30. The number of hydrogen-bond donors (Lipinski definition) is 0. The van der Waals surface area contributed by atoms with Gasteiger partial charge in [-0.2, -0.15) is 0 Å². The van der Waals surface area contributed by atoms with Crippen LogP contribution in [0.5, 0.6) is 5.75 Å². The van der Waals surface area contributed by atoms with Crippen LogP contribution in [0.3, 0.4) is 0 Å². The number of benzene rings is 1. The van der Waals surface area contributed by atoms with Gasteiger partial charge in [0, 0.05) is 17.9 Å². The summed E-state index contributed by atoms with van der Waals surface area (Å²) in [4.78, 5) is 22.8. The Bertz CT molecular complexity index is 488. The lowest BCUT2D eigenvalue weighted by Crippen LogP contribution is -2.07. The van der Waals surface area contributed by atoms with Crippen LogP contribution in [-0.2, 0) is 14.3 Å². The maximum atomic E-state index is 11.7. The molecule has 0 fully saturated rings. The molecule has 0 bridgehead atoms. The van der Waals surface area contributed by atoms with Gasteiger partial charge in [-0.3, -0.25) is 9.59 Å². The highest BCUT2D eigenvalue weighted by Crippen LogP contribution is 2.18. The van der Waals surface area contributed by atoms with E-state index in [-0.39, 0.29) is 11.9 Å². The van der Waals surface area contributed by atoms with E-state index in [1.807, 2.05) is 6.92 Å². The Morgan fingerprint density at radius 3 is 2.17 bits per heavy atom. The maximum absolute atomic E-state index is 11.7. The largest absolute Gasteiger partial charge is 0.466 e. The molecule has 5 heteroatoms. The number of hydrogen-bond acceptors (Lipinski definition) is 4. The number of halogens is 1. The van der Waals surface area contributed by atoms with Crippen LogP contribution in [0, 0.1) is 0 Å². The lowest BCUT2D eigenvalue weighted by Gasteiger charge is -2.05. The zero-order valence-corrected chi connectivity index (χ0v) is 14.4. The van der Waals surface area contributed by atoms with E-state index in [2.05, 4.69) is 0 Å². The van der Waals surface area contributed by atoms with E-state index >= 15 is 0 Å². The minimum atomic E-state index is -0.227. The van der Waals surface area contributed by atoms with Crippen LogP contribution in [0.2, 0.25) is 5.02 Å². The molecule has 0 aliphatic rings. The lowest BCUT2D eigenvalue weighted by atomic mass is 10.1. The van der Waals surface area contributed by atoms with Crippen LogP contribution in [0.4, 0.5) is 0 Å². The zero-order chi connectivity index (χ0) is 16.9. The van der Waals surface area contributed by atoms with Crippen molar-refractivity contribution in [3.05, 3.63) is 29.3 Å². The smallest absolute Gasteiger partial charge is 0.311 e. The summed E-state index contributed by atoms with van der Waals surface area (Å²) >= 11 is 5.83. The fourth-order valence-corrected chi connectivity index (χ4v) is 2.37. The van der Waals surface area contributed by atoms with E-state index in [9.17, 15) is 9.59 Å². The molecule has 128 valence electrons. The monoisotopic (exact) mass is 340 g/mol. The molecule has 1 rings (SSSR count). The molecule has 23 heavy (non-hydrogen) atoms. The average Bonchev–Trinajstić information content (AvgIpc) is 2.50. The van der Waals surface area contributed by atoms with E-state index in [1.54, 1.807) is 24.3 Å². The van der Waals surface area contributed by atoms with Gasteiger partial charge in [0.25, 0.3) is 0 Å². The van der Waals surface area contributed by atoms with E-state index < -0.39 is 0 Å². The van der Waals surface area contributed by atoms with Crippen LogP contribution >= 0.6 is 11.6 Å². The van der Waals surface area contributed by atoms with Gasteiger partial charge in [0.1, 0.15) is 5.75 Å². The summed E-state index contributed by atoms with van der Waals surface area (Å²) < 4.78 is 10.1. The second-order valence-corrected chi connectivity index (χ2v) is 5.79. The van der Waals surface area contributed by atoms with Crippen molar-refractivity contribution in [2.75, 3.05) is 6.61 Å². The second kappa shape index (κ2) is 11.9. The van der Waals surface area contributed by atoms with Crippen molar-refractivity contribution < 1.29 is 19.1 Å². The van der Waals surface area contributed by atoms with E-state index in [0.717, 1.165) is 38.5 Å². The second-order valence-electron chi connectivity index (χ2n) is 5.36.